The smallest absolute Gasteiger partial charge is 0.304 e. The largest absolute Gasteiger partial charge is 0.481 e. The topological polar surface area (TPSA) is 56.7 Å². The van der Waals surface area contributed by atoms with Crippen LogP contribution in [-0.2, 0) is 4.79 Å². The second kappa shape index (κ2) is 6.02. The Labute approximate surface area is 111 Å². The predicted molar refractivity (Wildman–Crippen MR) is 70.2 cm³/mol. The summed E-state index contributed by atoms with van der Waals surface area (Å²) in [5, 5.41) is 9.28. The minimum absolute atomic E-state index is 0.208. The van der Waals surface area contributed by atoms with Gasteiger partial charge in [0.2, 0.25) is 0 Å². The van der Waals surface area contributed by atoms with Crippen LogP contribution in [0.15, 0.2) is 18.3 Å². The van der Waals surface area contributed by atoms with Crippen molar-refractivity contribution in [2.75, 3.05) is 37.6 Å². The lowest BCUT2D eigenvalue weighted by Gasteiger charge is -2.35. The zero-order chi connectivity index (χ0) is 13.0. The van der Waals surface area contributed by atoms with Crippen LogP contribution >= 0.6 is 11.6 Å². The Balaban J connectivity index is 1.83. The highest BCUT2D eigenvalue weighted by molar-refractivity contribution is 6.30. The molecule has 0 spiro atoms. The van der Waals surface area contributed by atoms with Gasteiger partial charge in [-0.05, 0) is 12.1 Å². The van der Waals surface area contributed by atoms with Crippen molar-refractivity contribution in [3.8, 4) is 0 Å². The van der Waals surface area contributed by atoms with E-state index in [1.54, 1.807) is 6.20 Å². The summed E-state index contributed by atoms with van der Waals surface area (Å²) < 4.78 is 0. The van der Waals surface area contributed by atoms with E-state index in [1.165, 1.54) is 0 Å². The first-order valence-corrected chi connectivity index (χ1v) is 6.33. The summed E-state index contributed by atoms with van der Waals surface area (Å²) in [4.78, 5) is 19.1. The Morgan fingerprint density at radius 3 is 2.61 bits per heavy atom. The summed E-state index contributed by atoms with van der Waals surface area (Å²) >= 11 is 5.80. The molecule has 1 saturated heterocycles. The predicted octanol–water partition coefficient (Wildman–Crippen LogP) is 1.33. The summed E-state index contributed by atoms with van der Waals surface area (Å²) in [6.07, 6.45) is 1.85. The number of nitrogens with zero attached hydrogens (tertiary/aromatic N) is 3. The fraction of sp³-hybridized carbons (Fsp3) is 0.500. The van der Waals surface area contributed by atoms with Crippen LogP contribution in [0.2, 0.25) is 5.02 Å². The van der Waals surface area contributed by atoms with Crippen LogP contribution in [0, 0.1) is 0 Å². The molecule has 0 bridgehead atoms. The summed E-state index contributed by atoms with van der Waals surface area (Å²) in [5.41, 5.74) is 0. The Bertz CT molecular complexity index is 402. The molecule has 0 aliphatic carbocycles. The SMILES string of the molecule is O=C(O)CCN1CCN(c2ccc(Cl)cn2)CC1. The van der Waals surface area contributed by atoms with Crippen LogP contribution in [-0.4, -0.2) is 53.7 Å². The molecular weight excluding hydrogens is 254 g/mol. The summed E-state index contributed by atoms with van der Waals surface area (Å²) in [6, 6.07) is 3.75. The maximum Gasteiger partial charge on any atom is 0.304 e. The van der Waals surface area contributed by atoms with Gasteiger partial charge in [-0.25, -0.2) is 4.98 Å². The van der Waals surface area contributed by atoms with Crippen LogP contribution in [0.3, 0.4) is 0 Å². The molecule has 0 saturated carbocycles. The summed E-state index contributed by atoms with van der Waals surface area (Å²) in [6.45, 7) is 4.11. The first-order chi connectivity index (χ1) is 8.65. The van der Waals surface area contributed by atoms with E-state index < -0.39 is 5.97 Å². The van der Waals surface area contributed by atoms with Crippen LogP contribution in [0.25, 0.3) is 0 Å². The minimum atomic E-state index is -0.739. The molecule has 98 valence electrons. The molecule has 1 N–H and O–H groups in total. The first-order valence-electron chi connectivity index (χ1n) is 5.96. The minimum Gasteiger partial charge on any atom is -0.481 e. The molecule has 0 amide bonds. The third kappa shape index (κ3) is 3.58. The number of aromatic nitrogens is 1. The molecule has 1 aromatic rings. The Hall–Kier alpha value is -1.33. The van der Waals surface area contributed by atoms with Gasteiger partial charge in [0.1, 0.15) is 5.82 Å². The number of hydrogen-bond acceptors (Lipinski definition) is 4. The number of anilines is 1. The molecular formula is C12H16ClN3O2. The normalized spacial score (nSPS) is 16.8. The van der Waals surface area contributed by atoms with E-state index in [4.69, 9.17) is 16.7 Å². The third-order valence-electron chi connectivity index (χ3n) is 3.05. The molecule has 0 atom stereocenters. The second-order valence-corrected chi connectivity index (χ2v) is 4.74. The average Bonchev–Trinajstić information content (AvgIpc) is 2.38. The number of halogens is 1. The molecule has 0 unspecified atom stereocenters. The zero-order valence-corrected chi connectivity index (χ0v) is 10.8. The van der Waals surface area contributed by atoms with E-state index in [1.807, 2.05) is 12.1 Å². The third-order valence-corrected chi connectivity index (χ3v) is 3.27. The van der Waals surface area contributed by atoms with Gasteiger partial charge >= 0.3 is 5.97 Å². The summed E-state index contributed by atoms with van der Waals surface area (Å²) in [7, 11) is 0. The van der Waals surface area contributed by atoms with E-state index >= 15 is 0 Å². The quantitative estimate of drug-likeness (QED) is 0.894. The van der Waals surface area contributed by atoms with E-state index in [0.29, 0.717) is 11.6 Å². The molecule has 0 radical (unpaired) electrons. The molecule has 0 aromatic carbocycles. The number of rotatable bonds is 4. The van der Waals surface area contributed by atoms with Gasteiger partial charge in [-0.3, -0.25) is 9.69 Å². The van der Waals surface area contributed by atoms with E-state index in [0.717, 1.165) is 32.0 Å². The van der Waals surface area contributed by atoms with Crippen LogP contribution < -0.4 is 4.90 Å². The maximum absolute atomic E-state index is 10.5. The summed E-state index contributed by atoms with van der Waals surface area (Å²) in [5.74, 6) is 0.189. The number of carboxylic acid groups (broad SMARTS) is 1. The van der Waals surface area contributed by atoms with Gasteiger partial charge in [-0.15, -0.1) is 0 Å². The molecule has 18 heavy (non-hydrogen) atoms. The van der Waals surface area contributed by atoms with Gasteiger partial charge in [-0.1, -0.05) is 11.6 Å². The van der Waals surface area contributed by atoms with E-state index in [9.17, 15) is 4.79 Å². The Morgan fingerprint density at radius 1 is 1.33 bits per heavy atom. The standard InChI is InChI=1S/C12H16ClN3O2/c13-10-1-2-11(14-9-10)16-7-5-15(6-8-16)4-3-12(17)18/h1-2,9H,3-8H2,(H,17,18). The molecule has 2 rings (SSSR count). The number of piperazine rings is 1. The first kappa shape index (κ1) is 13.1. The lowest BCUT2D eigenvalue weighted by molar-refractivity contribution is -0.137. The Morgan fingerprint density at radius 2 is 2.06 bits per heavy atom. The number of pyridine rings is 1. The molecule has 5 nitrogen and oxygen atoms in total. The highest BCUT2D eigenvalue weighted by Crippen LogP contribution is 2.16. The van der Waals surface area contributed by atoms with Gasteiger partial charge in [-0.2, -0.15) is 0 Å². The van der Waals surface area contributed by atoms with Crippen LogP contribution in [0.4, 0.5) is 5.82 Å². The lowest BCUT2D eigenvalue weighted by Crippen LogP contribution is -2.47. The van der Waals surface area contributed by atoms with Crippen molar-refractivity contribution >= 4 is 23.4 Å². The molecule has 2 heterocycles. The average molecular weight is 270 g/mol. The zero-order valence-electron chi connectivity index (χ0n) is 10.0. The van der Waals surface area contributed by atoms with Crippen molar-refractivity contribution < 1.29 is 9.90 Å². The number of carbonyl (C=O) groups is 1. The van der Waals surface area contributed by atoms with Crippen molar-refractivity contribution in [1.29, 1.82) is 0 Å². The van der Waals surface area contributed by atoms with Crippen LogP contribution in [0.1, 0.15) is 6.42 Å². The van der Waals surface area contributed by atoms with Gasteiger partial charge in [0.25, 0.3) is 0 Å². The van der Waals surface area contributed by atoms with Gasteiger partial charge in [0, 0.05) is 38.9 Å². The van der Waals surface area contributed by atoms with Crippen molar-refractivity contribution in [3.63, 3.8) is 0 Å². The molecule has 1 aliphatic heterocycles. The number of carboxylic acids is 1. The number of hydrogen-bond donors (Lipinski definition) is 1. The van der Waals surface area contributed by atoms with Crippen molar-refractivity contribution in [2.45, 2.75) is 6.42 Å². The molecule has 1 fully saturated rings. The van der Waals surface area contributed by atoms with Gasteiger partial charge in [0.05, 0.1) is 11.4 Å². The monoisotopic (exact) mass is 269 g/mol. The molecule has 1 aliphatic rings. The fourth-order valence-corrected chi connectivity index (χ4v) is 2.12. The highest BCUT2D eigenvalue weighted by atomic mass is 35.5. The van der Waals surface area contributed by atoms with E-state index in [-0.39, 0.29) is 6.42 Å². The van der Waals surface area contributed by atoms with Crippen molar-refractivity contribution in [2.24, 2.45) is 0 Å². The van der Waals surface area contributed by atoms with Crippen molar-refractivity contribution in [3.05, 3.63) is 23.4 Å². The van der Waals surface area contributed by atoms with Gasteiger partial charge < -0.3 is 10.0 Å². The second-order valence-electron chi connectivity index (χ2n) is 4.31. The molecule has 1 aromatic heterocycles. The highest BCUT2D eigenvalue weighted by Gasteiger charge is 2.18. The fourth-order valence-electron chi connectivity index (χ4n) is 2.01. The van der Waals surface area contributed by atoms with Crippen molar-refractivity contribution in [1.82, 2.24) is 9.88 Å². The number of aliphatic carboxylic acids is 1. The van der Waals surface area contributed by atoms with Gasteiger partial charge in [0.15, 0.2) is 0 Å². The van der Waals surface area contributed by atoms with Crippen LogP contribution in [0.5, 0.6) is 0 Å². The Kier molecular flexibility index (Phi) is 4.38. The maximum atomic E-state index is 10.5. The van der Waals surface area contributed by atoms with E-state index in [2.05, 4.69) is 14.8 Å². The lowest BCUT2D eigenvalue weighted by atomic mass is 10.3. The molecule has 6 heteroatoms.